The number of aryl methyl sites for hydroxylation is 2. The van der Waals surface area contributed by atoms with Crippen molar-refractivity contribution in [2.45, 2.75) is 13.8 Å². The van der Waals surface area contributed by atoms with E-state index in [0.717, 1.165) is 28.3 Å². The van der Waals surface area contributed by atoms with Crippen molar-refractivity contribution < 1.29 is 13.9 Å². The molecule has 0 aliphatic carbocycles. The van der Waals surface area contributed by atoms with Gasteiger partial charge in [-0.25, -0.2) is 4.39 Å². The molecule has 0 saturated carbocycles. The first-order valence-corrected chi connectivity index (χ1v) is 6.97. The van der Waals surface area contributed by atoms with E-state index in [-0.39, 0.29) is 5.75 Å². The Morgan fingerprint density at radius 3 is 2.59 bits per heavy atom. The van der Waals surface area contributed by atoms with E-state index in [1.807, 2.05) is 26.0 Å². The fraction of sp³-hybridized carbons (Fsp3) is 0.167. The van der Waals surface area contributed by atoms with E-state index in [1.54, 1.807) is 12.1 Å². The Morgan fingerprint density at radius 1 is 1.18 bits per heavy atom. The Morgan fingerprint density at radius 2 is 1.95 bits per heavy atom. The van der Waals surface area contributed by atoms with Crippen LogP contribution in [0.15, 0.2) is 30.3 Å². The van der Waals surface area contributed by atoms with Gasteiger partial charge < -0.3 is 9.72 Å². The summed E-state index contributed by atoms with van der Waals surface area (Å²) in [5, 5.41) is 0.851. The van der Waals surface area contributed by atoms with Crippen LogP contribution in [0, 0.1) is 19.7 Å². The van der Waals surface area contributed by atoms with Gasteiger partial charge in [-0.2, -0.15) is 0 Å². The van der Waals surface area contributed by atoms with Crippen LogP contribution in [0.1, 0.15) is 21.5 Å². The van der Waals surface area contributed by atoms with Gasteiger partial charge in [0.15, 0.2) is 17.9 Å². The summed E-state index contributed by atoms with van der Waals surface area (Å²) in [6.45, 7) is 4.02. The van der Waals surface area contributed by atoms with Gasteiger partial charge in [0.2, 0.25) is 0 Å². The molecule has 1 N–H and O–H groups in total. The number of aldehydes is 1. The van der Waals surface area contributed by atoms with Crippen LogP contribution in [0.25, 0.3) is 22.2 Å². The van der Waals surface area contributed by atoms with Crippen molar-refractivity contribution in [3.05, 3.63) is 52.8 Å². The molecule has 0 bridgehead atoms. The second kappa shape index (κ2) is 5.30. The molecular formula is C18H16FNO2. The molecule has 0 aliphatic rings. The number of ether oxygens (including phenoxy) is 1. The first-order valence-electron chi connectivity index (χ1n) is 6.97. The lowest BCUT2D eigenvalue weighted by atomic mass is 10.0. The number of carbonyl (C=O) groups is 1. The molecule has 0 unspecified atom stereocenters. The van der Waals surface area contributed by atoms with Crippen molar-refractivity contribution in [1.82, 2.24) is 4.98 Å². The van der Waals surface area contributed by atoms with E-state index in [0.29, 0.717) is 16.8 Å². The third kappa shape index (κ3) is 2.08. The summed E-state index contributed by atoms with van der Waals surface area (Å²) in [5.74, 6) is -0.275. The SMILES string of the molecule is COc1ccc(-c2[nH]c3c(C)c(C)ccc3c2C=O)cc1F. The number of methoxy groups -OCH3 is 1. The third-order valence-corrected chi connectivity index (χ3v) is 4.10. The first kappa shape index (κ1) is 14.3. The molecule has 1 heterocycles. The molecule has 0 aliphatic heterocycles. The van der Waals surface area contributed by atoms with Gasteiger partial charge >= 0.3 is 0 Å². The standard InChI is InChI=1S/C18H16FNO2/c1-10-4-6-13-14(9-21)18(20-17(13)11(10)2)12-5-7-16(22-3)15(19)8-12/h4-9,20H,1-3H3. The van der Waals surface area contributed by atoms with Crippen molar-refractivity contribution >= 4 is 17.2 Å². The molecule has 112 valence electrons. The predicted octanol–water partition coefficient (Wildman–Crippen LogP) is 4.41. The van der Waals surface area contributed by atoms with Crippen LogP contribution in [0.5, 0.6) is 5.75 Å². The number of aromatic nitrogens is 1. The van der Waals surface area contributed by atoms with Crippen LogP contribution < -0.4 is 4.74 Å². The van der Waals surface area contributed by atoms with Crippen molar-refractivity contribution in [3.63, 3.8) is 0 Å². The van der Waals surface area contributed by atoms with Gasteiger partial charge in [-0.3, -0.25) is 4.79 Å². The number of halogens is 1. The summed E-state index contributed by atoms with van der Waals surface area (Å²) < 4.78 is 18.9. The van der Waals surface area contributed by atoms with Gasteiger partial charge in [0.05, 0.1) is 12.8 Å². The molecule has 3 nitrogen and oxygen atoms in total. The number of hydrogen-bond donors (Lipinski definition) is 1. The molecule has 0 radical (unpaired) electrons. The highest BCUT2D eigenvalue weighted by Crippen LogP contribution is 2.33. The molecule has 1 aromatic heterocycles. The average Bonchev–Trinajstić information content (AvgIpc) is 2.90. The van der Waals surface area contributed by atoms with E-state index in [2.05, 4.69) is 4.98 Å². The van der Waals surface area contributed by atoms with Crippen LogP contribution in [0.4, 0.5) is 4.39 Å². The lowest BCUT2D eigenvalue weighted by Gasteiger charge is -2.04. The molecule has 4 heteroatoms. The van der Waals surface area contributed by atoms with Crippen LogP contribution in [-0.2, 0) is 0 Å². The summed E-state index contributed by atoms with van der Waals surface area (Å²) in [4.78, 5) is 14.8. The molecule has 3 aromatic rings. The van der Waals surface area contributed by atoms with Crippen molar-refractivity contribution in [2.75, 3.05) is 7.11 Å². The lowest BCUT2D eigenvalue weighted by molar-refractivity contribution is 0.112. The van der Waals surface area contributed by atoms with Crippen LogP contribution in [-0.4, -0.2) is 18.4 Å². The topological polar surface area (TPSA) is 42.1 Å². The van der Waals surface area contributed by atoms with E-state index in [4.69, 9.17) is 4.74 Å². The molecule has 2 aromatic carbocycles. The minimum absolute atomic E-state index is 0.180. The fourth-order valence-corrected chi connectivity index (χ4v) is 2.70. The van der Waals surface area contributed by atoms with Gasteiger partial charge in [0.25, 0.3) is 0 Å². The van der Waals surface area contributed by atoms with E-state index < -0.39 is 5.82 Å². The summed E-state index contributed by atoms with van der Waals surface area (Å²) in [6, 6.07) is 8.57. The predicted molar refractivity (Wildman–Crippen MR) is 85.1 cm³/mol. The second-order valence-electron chi connectivity index (χ2n) is 5.31. The molecule has 0 spiro atoms. The monoisotopic (exact) mass is 297 g/mol. The van der Waals surface area contributed by atoms with E-state index >= 15 is 0 Å². The zero-order valence-electron chi connectivity index (χ0n) is 12.7. The Labute approximate surface area is 127 Å². The largest absolute Gasteiger partial charge is 0.494 e. The molecule has 0 saturated heterocycles. The molecule has 3 rings (SSSR count). The zero-order chi connectivity index (χ0) is 15.9. The summed E-state index contributed by atoms with van der Waals surface area (Å²) in [7, 11) is 1.42. The van der Waals surface area contributed by atoms with E-state index in [9.17, 15) is 9.18 Å². The minimum atomic E-state index is -0.455. The first-order chi connectivity index (χ1) is 10.6. The van der Waals surface area contributed by atoms with Crippen molar-refractivity contribution in [2.24, 2.45) is 0 Å². The Hall–Kier alpha value is -2.62. The molecule has 22 heavy (non-hydrogen) atoms. The number of nitrogens with one attached hydrogen (secondary N) is 1. The number of fused-ring (bicyclic) bond motifs is 1. The molecule has 0 fully saturated rings. The maximum Gasteiger partial charge on any atom is 0.165 e. The quantitative estimate of drug-likeness (QED) is 0.727. The molecule has 0 amide bonds. The number of rotatable bonds is 3. The van der Waals surface area contributed by atoms with Gasteiger partial charge in [0.1, 0.15) is 0 Å². The highest BCUT2D eigenvalue weighted by atomic mass is 19.1. The maximum absolute atomic E-state index is 13.9. The number of carbonyl (C=O) groups excluding carboxylic acids is 1. The van der Waals surface area contributed by atoms with Crippen LogP contribution >= 0.6 is 0 Å². The second-order valence-corrected chi connectivity index (χ2v) is 5.31. The van der Waals surface area contributed by atoms with Gasteiger partial charge in [0, 0.05) is 22.0 Å². The van der Waals surface area contributed by atoms with Gasteiger partial charge in [-0.05, 0) is 43.2 Å². The minimum Gasteiger partial charge on any atom is -0.494 e. The van der Waals surface area contributed by atoms with Crippen molar-refractivity contribution in [1.29, 1.82) is 0 Å². The zero-order valence-corrected chi connectivity index (χ0v) is 12.7. The summed E-state index contributed by atoms with van der Waals surface area (Å²) >= 11 is 0. The highest BCUT2D eigenvalue weighted by Gasteiger charge is 2.16. The summed E-state index contributed by atoms with van der Waals surface area (Å²) in [5.41, 5.74) is 4.92. The number of hydrogen-bond acceptors (Lipinski definition) is 2. The Bertz CT molecular complexity index is 880. The molecule has 0 atom stereocenters. The number of H-pyrrole nitrogens is 1. The maximum atomic E-state index is 13.9. The fourth-order valence-electron chi connectivity index (χ4n) is 2.70. The lowest BCUT2D eigenvalue weighted by Crippen LogP contribution is -1.90. The Balaban J connectivity index is 2.29. The number of aromatic amines is 1. The van der Waals surface area contributed by atoms with Crippen molar-refractivity contribution in [3.8, 4) is 17.0 Å². The molecular weight excluding hydrogens is 281 g/mol. The normalized spacial score (nSPS) is 10.9. The smallest absolute Gasteiger partial charge is 0.165 e. The average molecular weight is 297 g/mol. The Kier molecular flexibility index (Phi) is 3.45. The summed E-state index contributed by atoms with van der Waals surface area (Å²) in [6.07, 6.45) is 0.811. The van der Waals surface area contributed by atoms with Gasteiger partial charge in [-0.1, -0.05) is 12.1 Å². The number of benzene rings is 2. The van der Waals surface area contributed by atoms with Crippen LogP contribution in [0.2, 0.25) is 0 Å². The van der Waals surface area contributed by atoms with Gasteiger partial charge in [-0.15, -0.1) is 0 Å². The highest BCUT2D eigenvalue weighted by molar-refractivity contribution is 6.05. The van der Waals surface area contributed by atoms with E-state index in [1.165, 1.54) is 13.2 Å². The third-order valence-electron chi connectivity index (χ3n) is 4.10. The van der Waals surface area contributed by atoms with Crippen LogP contribution in [0.3, 0.4) is 0 Å².